The van der Waals surface area contributed by atoms with Crippen molar-refractivity contribution in [1.82, 2.24) is 4.90 Å². The fourth-order valence-corrected chi connectivity index (χ4v) is 2.98. The number of hydrogen-bond acceptors (Lipinski definition) is 3. The van der Waals surface area contributed by atoms with Gasteiger partial charge in [-0.3, -0.25) is 4.79 Å². The summed E-state index contributed by atoms with van der Waals surface area (Å²) in [5, 5.41) is 0. The van der Waals surface area contributed by atoms with Crippen LogP contribution in [0.4, 0.5) is 0 Å². The highest BCUT2D eigenvalue weighted by atomic mass is 16.5. The molecule has 0 spiro atoms. The molecule has 1 heterocycles. The summed E-state index contributed by atoms with van der Waals surface area (Å²) >= 11 is 0. The molecule has 1 saturated heterocycles. The van der Waals surface area contributed by atoms with Gasteiger partial charge in [-0.1, -0.05) is 37.3 Å². The van der Waals surface area contributed by atoms with Crippen LogP contribution in [-0.4, -0.2) is 37.1 Å². The number of para-hydroxylation sites is 2. The highest BCUT2D eigenvalue weighted by Gasteiger charge is 2.23. The van der Waals surface area contributed by atoms with Gasteiger partial charge in [-0.15, -0.1) is 0 Å². The molecular weight excluding hydrogens is 314 g/mol. The lowest BCUT2D eigenvalue weighted by molar-refractivity contribution is 0.0692. The molecule has 1 amide bonds. The number of rotatable bonds is 6. The van der Waals surface area contributed by atoms with Crippen LogP contribution in [0.3, 0.4) is 0 Å². The van der Waals surface area contributed by atoms with E-state index in [1.165, 1.54) is 0 Å². The number of benzene rings is 2. The molecule has 132 valence electrons. The van der Waals surface area contributed by atoms with Crippen molar-refractivity contribution < 1.29 is 14.3 Å². The number of nitrogens with zero attached hydrogens (tertiary/aromatic N) is 1. The Balaban J connectivity index is 1.56. The van der Waals surface area contributed by atoms with E-state index < -0.39 is 0 Å². The molecule has 0 saturated carbocycles. The van der Waals surface area contributed by atoms with E-state index in [4.69, 9.17) is 9.47 Å². The van der Waals surface area contributed by atoms with Crippen molar-refractivity contribution in [2.45, 2.75) is 19.8 Å². The van der Waals surface area contributed by atoms with Gasteiger partial charge >= 0.3 is 0 Å². The van der Waals surface area contributed by atoms with E-state index in [2.05, 4.69) is 6.92 Å². The quantitative estimate of drug-likeness (QED) is 0.746. The summed E-state index contributed by atoms with van der Waals surface area (Å²) in [6.45, 7) is 4.73. The molecule has 2 aromatic rings. The molecule has 25 heavy (non-hydrogen) atoms. The first kappa shape index (κ1) is 17.3. The number of carbonyl (C=O) groups is 1. The molecule has 0 unspecified atom stereocenters. The molecule has 0 aliphatic carbocycles. The Morgan fingerprint density at radius 3 is 2.36 bits per heavy atom. The maximum Gasteiger partial charge on any atom is 0.257 e. The first-order chi connectivity index (χ1) is 12.2. The molecule has 1 aliphatic rings. The van der Waals surface area contributed by atoms with E-state index in [0.717, 1.165) is 31.7 Å². The zero-order chi connectivity index (χ0) is 17.5. The average molecular weight is 339 g/mol. The number of hydrogen-bond donors (Lipinski definition) is 0. The third-order valence-electron chi connectivity index (χ3n) is 4.54. The van der Waals surface area contributed by atoms with E-state index in [0.29, 0.717) is 30.4 Å². The lowest BCUT2D eigenvalue weighted by Gasteiger charge is -2.30. The first-order valence-electron chi connectivity index (χ1n) is 8.93. The molecule has 1 aliphatic heterocycles. The number of piperidine rings is 1. The summed E-state index contributed by atoms with van der Waals surface area (Å²) in [5.41, 5.74) is 0.636. The Hall–Kier alpha value is -2.49. The topological polar surface area (TPSA) is 38.8 Å². The normalized spacial score (nSPS) is 15.0. The van der Waals surface area contributed by atoms with Gasteiger partial charge in [-0.05, 0) is 43.0 Å². The van der Waals surface area contributed by atoms with Crippen molar-refractivity contribution in [3.05, 3.63) is 60.2 Å². The van der Waals surface area contributed by atoms with Crippen LogP contribution in [0.1, 0.15) is 30.1 Å². The summed E-state index contributed by atoms with van der Waals surface area (Å²) in [7, 11) is 0. The van der Waals surface area contributed by atoms with Gasteiger partial charge in [0.15, 0.2) is 0 Å². The summed E-state index contributed by atoms with van der Waals surface area (Å²) in [4.78, 5) is 14.7. The van der Waals surface area contributed by atoms with Crippen molar-refractivity contribution in [3.8, 4) is 11.5 Å². The van der Waals surface area contributed by atoms with Crippen molar-refractivity contribution in [3.63, 3.8) is 0 Å². The van der Waals surface area contributed by atoms with Gasteiger partial charge in [0.05, 0.1) is 5.56 Å². The molecule has 0 radical (unpaired) electrons. The second kappa shape index (κ2) is 8.56. The lowest BCUT2D eigenvalue weighted by atomic mass is 9.98. The highest BCUT2D eigenvalue weighted by molar-refractivity contribution is 5.97. The molecule has 0 bridgehead atoms. The van der Waals surface area contributed by atoms with Crippen molar-refractivity contribution >= 4 is 5.91 Å². The molecule has 4 nitrogen and oxygen atoms in total. The van der Waals surface area contributed by atoms with Crippen LogP contribution in [0.25, 0.3) is 0 Å². The fraction of sp³-hybridized carbons (Fsp3) is 0.381. The van der Waals surface area contributed by atoms with Crippen LogP contribution >= 0.6 is 0 Å². The van der Waals surface area contributed by atoms with Crippen molar-refractivity contribution in [2.24, 2.45) is 5.92 Å². The summed E-state index contributed by atoms with van der Waals surface area (Å²) in [6, 6.07) is 17.1. The Bertz CT molecular complexity index is 679. The molecule has 0 N–H and O–H groups in total. The fourth-order valence-electron chi connectivity index (χ4n) is 2.98. The maximum atomic E-state index is 12.8. The molecule has 3 rings (SSSR count). The Morgan fingerprint density at radius 1 is 0.960 bits per heavy atom. The second-order valence-electron chi connectivity index (χ2n) is 6.48. The number of likely N-dealkylation sites (tertiary alicyclic amines) is 1. The SMILES string of the molecule is CC1CCN(C(=O)c2ccccc2OCCOc2ccccc2)CC1. The third-order valence-corrected chi connectivity index (χ3v) is 4.54. The van der Waals surface area contributed by atoms with Crippen LogP contribution < -0.4 is 9.47 Å². The Morgan fingerprint density at radius 2 is 1.60 bits per heavy atom. The van der Waals surface area contributed by atoms with Gasteiger partial charge < -0.3 is 14.4 Å². The minimum absolute atomic E-state index is 0.0616. The molecule has 4 heteroatoms. The first-order valence-corrected chi connectivity index (χ1v) is 8.93. The van der Waals surface area contributed by atoms with Gasteiger partial charge in [0.1, 0.15) is 24.7 Å². The molecule has 0 aromatic heterocycles. The smallest absolute Gasteiger partial charge is 0.257 e. The molecule has 1 fully saturated rings. The van der Waals surface area contributed by atoms with Gasteiger partial charge in [0, 0.05) is 13.1 Å². The average Bonchev–Trinajstić information content (AvgIpc) is 2.66. The van der Waals surface area contributed by atoms with Crippen LogP contribution in [0.15, 0.2) is 54.6 Å². The summed E-state index contributed by atoms with van der Waals surface area (Å²) in [6.07, 6.45) is 2.14. The van der Waals surface area contributed by atoms with Gasteiger partial charge in [-0.25, -0.2) is 0 Å². The van der Waals surface area contributed by atoms with E-state index in [-0.39, 0.29) is 5.91 Å². The molecule has 0 atom stereocenters. The Kier molecular flexibility index (Phi) is 5.94. The highest BCUT2D eigenvalue weighted by Crippen LogP contribution is 2.23. The summed E-state index contributed by atoms with van der Waals surface area (Å²) < 4.78 is 11.5. The number of carbonyl (C=O) groups excluding carboxylic acids is 1. The van der Waals surface area contributed by atoms with Crippen LogP contribution in [0.5, 0.6) is 11.5 Å². The van der Waals surface area contributed by atoms with E-state index in [1.807, 2.05) is 59.5 Å². The standard InChI is InChI=1S/C21H25NO3/c1-17-11-13-22(14-12-17)21(23)19-9-5-6-10-20(19)25-16-15-24-18-7-3-2-4-8-18/h2-10,17H,11-16H2,1H3. The molecular formula is C21H25NO3. The van der Waals surface area contributed by atoms with E-state index in [9.17, 15) is 4.79 Å². The third kappa shape index (κ3) is 4.75. The van der Waals surface area contributed by atoms with Gasteiger partial charge in [0.2, 0.25) is 0 Å². The summed E-state index contributed by atoms with van der Waals surface area (Å²) in [5.74, 6) is 2.21. The molecule has 2 aromatic carbocycles. The lowest BCUT2D eigenvalue weighted by Crippen LogP contribution is -2.38. The van der Waals surface area contributed by atoms with Crippen molar-refractivity contribution in [2.75, 3.05) is 26.3 Å². The monoisotopic (exact) mass is 339 g/mol. The largest absolute Gasteiger partial charge is 0.490 e. The van der Waals surface area contributed by atoms with Gasteiger partial charge in [0.25, 0.3) is 5.91 Å². The van der Waals surface area contributed by atoms with Crippen LogP contribution in [-0.2, 0) is 0 Å². The predicted molar refractivity (Wildman–Crippen MR) is 98.2 cm³/mol. The van der Waals surface area contributed by atoms with Crippen molar-refractivity contribution in [1.29, 1.82) is 0 Å². The Labute approximate surface area is 149 Å². The number of ether oxygens (including phenoxy) is 2. The maximum absolute atomic E-state index is 12.8. The predicted octanol–water partition coefficient (Wildman–Crippen LogP) is 4.02. The van der Waals surface area contributed by atoms with E-state index >= 15 is 0 Å². The minimum atomic E-state index is 0.0616. The second-order valence-corrected chi connectivity index (χ2v) is 6.48. The van der Waals surface area contributed by atoms with Gasteiger partial charge in [-0.2, -0.15) is 0 Å². The minimum Gasteiger partial charge on any atom is -0.490 e. The van der Waals surface area contributed by atoms with Crippen LogP contribution in [0, 0.1) is 5.92 Å². The zero-order valence-electron chi connectivity index (χ0n) is 14.7. The van der Waals surface area contributed by atoms with Crippen LogP contribution in [0.2, 0.25) is 0 Å². The zero-order valence-corrected chi connectivity index (χ0v) is 14.7. The number of amides is 1. The van der Waals surface area contributed by atoms with E-state index in [1.54, 1.807) is 0 Å².